The molecule has 2 heterocycles. The Balaban J connectivity index is 1.65. The number of likely N-dealkylation sites (N-methyl/N-ethyl adjacent to an activating group) is 1. The van der Waals surface area contributed by atoms with E-state index < -0.39 is 0 Å². The van der Waals surface area contributed by atoms with Gasteiger partial charge in [-0.1, -0.05) is 18.2 Å². The minimum absolute atomic E-state index is 0.0158. The number of benzene rings is 1. The van der Waals surface area contributed by atoms with E-state index in [-0.39, 0.29) is 23.8 Å². The van der Waals surface area contributed by atoms with Gasteiger partial charge < -0.3 is 9.32 Å². The molecule has 1 saturated heterocycles. The number of nitrogens with one attached hydrogen (secondary N) is 2. The molecule has 1 aliphatic rings. The Bertz CT molecular complexity index is 716. The number of hydrogen-bond donors (Lipinski definition) is 2. The van der Waals surface area contributed by atoms with Crippen molar-refractivity contribution in [1.29, 1.82) is 0 Å². The zero-order valence-electron chi connectivity index (χ0n) is 13.9. The van der Waals surface area contributed by atoms with Crippen LogP contribution in [0.1, 0.15) is 36.5 Å². The summed E-state index contributed by atoms with van der Waals surface area (Å²) in [6, 6.07) is 9.80. The third-order valence-corrected chi connectivity index (χ3v) is 4.32. The summed E-state index contributed by atoms with van der Waals surface area (Å²) in [6.45, 7) is 4.83. The van der Waals surface area contributed by atoms with Crippen LogP contribution in [0, 0.1) is 12.7 Å². The van der Waals surface area contributed by atoms with Crippen molar-refractivity contribution in [2.75, 3.05) is 6.54 Å². The highest BCUT2D eigenvalue weighted by Crippen LogP contribution is 2.25. The predicted molar refractivity (Wildman–Crippen MR) is 88.4 cm³/mol. The lowest BCUT2D eigenvalue weighted by Crippen LogP contribution is -2.45. The molecule has 0 spiro atoms. The molecule has 0 aliphatic carbocycles. The summed E-state index contributed by atoms with van der Waals surface area (Å²) in [6.07, 6.45) is 0.507. The fourth-order valence-electron chi connectivity index (χ4n) is 3.00. The largest absolute Gasteiger partial charge is 0.464 e. The van der Waals surface area contributed by atoms with Gasteiger partial charge in [-0.15, -0.1) is 0 Å². The number of halogens is 1. The third-order valence-electron chi connectivity index (χ3n) is 4.32. The van der Waals surface area contributed by atoms with E-state index in [0.717, 1.165) is 11.5 Å². The average Bonchev–Trinajstić information content (AvgIpc) is 3.21. The van der Waals surface area contributed by atoms with E-state index in [1.54, 1.807) is 23.1 Å². The van der Waals surface area contributed by atoms with Crippen LogP contribution in [-0.2, 0) is 11.3 Å². The molecule has 5 nitrogen and oxygen atoms in total. The van der Waals surface area contributed by atoms with Gasteiger partial charge in [0.15, 0.2) is 0 Å². The summed E-state index contributed by atoms with van der Waals surface area (Å²) in [5.41, 5.74) is 6.60. The van der Waals surface area contributed by atoms with E-state index in [9.17, 15) is 9.18 Å². The van der Waals surface area contributed by atoms with E-state index in [0.29, 0.717) is 25.1 Å². The second-order valence-corrected chi connectivity index (χ2v) is 6.02. The van der Waals surface area contributed by atoms with E-state index in [4.69, 9.17) is 4.42 Å². The number of amides is 1. The molecular weight excluding hydrogens is 309 g/mol. The van der Waals surface area contributed by atoms with Gasteiger partial charge in [-0.05, 0) is 38.5 Å². The summed E-state index contributed by atoms with van der Waals surface area (Å²) in [5, 5.41) is 0. The minimum Gasteiger partial charge on any atom is -0.464 e. The van der Waals surface area contributed by atoms with Crippen LogP contribution in [0.2, 0.25) is 0 Å². The van der Waals surface area contributed by atoms with Gasteiger partial charge in [0.25, 0.3) is 0 Å². The Labute approximate surface area is 140 Å². The van der Waals surface area contributed by atoms with Gasteiger partial charge in [-0.25, -0.2) is 15.2 Å². The number of carbonyl (C=O) groups excluding carboxylic acids is 1. The first kappa shape index (κ1) is 16.7. The van der Waals surface area contributed by atoms with Gasteiger partial charge in [0.05, 0.1) is 12.6 Å². The van der Waals surface area contributed by atoms with Gasteiger partial charge in [0.2, 0.25) is 5.91 Å². The molecule has 2 N–H and O–H groups in total. The van der Waals surface area contributed by atoms with Crippen LogP contribution in [-0.4, -0.2) is 23.4 Å². The topological polar surface area (TPSA) is 57.5 Å². The zero-order valence-corrected chi connectivity index (χ0v) is 13.9. The van der Waals surface area contributed by atoms with Gasteiger partial charge in [0, 0.05) is 12.1 Å². The monoisotopic (exact) mass is 331 g/mol. The van der Waals surface area contributed by atoms with Crippen molar-refractivity contribution in [1.82, 2.24) is 15.8 Å². The van der Waals surface area contributed by atoms with E-state index in [1.165, 1.54) is 6.07 Å². The predicted octanol–water partition coefficient (Wildman–Crippen LogP) is 2.68. The first-order valence-corrected chi connectivity index (χ1v) is 8.18. The Kier molecular flexibility index (Phi) is 4.97. The number of nitrogens with zero attached hydrogens (tertiary/aromatic N) is 1. The van der Waals surface area contributed by atoms with Gasteiger partial charge in [-0.2, -0.15) is 0 Å². The highest BCUT2D eigenvalue weighted by molar-refractivity contribution is 5.82. The molecule has 1 aliphatic heterocycles. The maximum atomic E-state index is 13.9. The molecule has 1 aromatic heterocycles. The first-order chi connectivity index (χ1) is 11.6. The van der Waals surface area contributed by atoms with Crippen molar-refractivity contribution < 1.29 is 13.6 Å². The van der Waals surface area contributed by atoms with E-state index in [1.807, 2.05) is 26.0 Å². The summed E-state index contributed by atoms with van der Waals surface area (Å²) in [4.78, 5) is 14.5. The second-order valence-electron chi connectivity index (χ2n) is 6.02. The first-order valence-electron chi connectivity index (χ1n) is 8.18. The average molecular weight is 331 g/mol. The minimum atomic E-state index is -0.384. The molecule has 2 atom stereocenters. The molecule has 3 rings (SSSR count). The molecule has 0 bridgehead atoms. The second kappa shape index (κ2) is 7.15. The quantitative estimate of drug-likeness (QED) is 0.884. The normalized spacial score (nSPS) is 20.3. The SMILES string of the molecule is CCN(Cc1ccc(C)o1)C(=O)C1CC(c2ccccc2F)NN1. The molecule has 2 aromatic rings. The van der Waals surface area contributed by atoms with Crippen molar-refractivity contribution >= 4 is 5.91 Å². The number of rotatable bonds is 5. The fourth-order valence-corrected chi connectivity index (χ4v) is 3.00. The molecule has 24 heavy (non-hydrogen) atoms. The molecule has 6 heteroatoms. The number of hydrogen-bond acceptors (Lipinski definition) is 4. The van der Waals surface area contributed by atoms with Crippen molar-refractivity contribution in [2.45, 2.75) is 38.9 Å². The molecule has 1 amide bonds. The fraction of sp³-hybridized carbons (Fsp3) is 0.389. The number of hydrazine groups is 1. The lowest BCUT2D eigenvalue weighted by atomic mass is 10.0. The Morgan fingerprint density at radius 2 is 2.08 bits per heavy atom. The Morgan fingerprint density at radius 1 is 1.29 bits per heavy atom. The summed E-state index contributed by atoms with van der Waals surface area (Å²) in [7, 11) is 0. The molecule has 0 saturated carbocycles. The molecule has 1 fully saturated rings. The number of carbonyl (C=O) groups is 1. The smallest absolute Gasteiger partial charge is 0.241 e. The summed E-state index contributed by atoms with van der Waals surface area (Å²) in [5.74, 6) is 1.31. The van der Waals surface area contributed by atoms with Crippen molar-refractivity contribution in [3.63, 3.8) is 0 Å². The van der Waals surface area contributed by atoms with Crippen LogP contribution < -0.4 is 10.9 Å². The molecule has 128 valence electrons. The van der Waals surface area contributed by atoms with Crippen molar-refractivity contribution in [2.24, 2.45) is 0 Å². The van der Waals surface area contributed by atoms with Crippen LogP contribution in [0.3, 0.4) is 0 Å². The van der Waals surface area contributed by atoms with Crippen LogP contribution in [0.25, 0.3) is 0 Å². The summed E-state index contributed by atoms with van der Waals surface area (Å²) < 4.78 is 19.5. The van der Waals surface area contributed by atoms with Crippen LogP contribution in [0.5, 0.6) is 0 Å². The van der Waals surface area contributed by atoms with Crippen LogP contribution >= 0.6 is 0 Å². The zero-order chi connectivity index (χ0) is 17.1. The molecular formula is C18H22FN3O2. The highest BCUT2D eigenvalue weighted by atomic mass is 19.1. The van der Waals surface area contributed by atoms with Crippen LogP contribution in [0.4, 0.5) is 4.39 Å². The standard InChI is InChI=1S/C18H22FN3O2/c1-3-22(11-13-9-8-12(2)24-13)18(23)17-10-16(20-21-17)14-6-4-5-7-15(14)19/h4-9,16-17,20-21H,3,10-11H2,1-2H3. The van der Waals surface area contributed by atoms with E-state index in [2.05, 4.69) is 10.9 Å². The number of aryl methyl sites for hydroxylation is 1. The highest BCUT2D eigenvalue weighted by Gasteiger charge is 2.33. The van der Waals surface area contributed by atoms with Crippen molar-refractivity contribution in [3.05, 3.63) is 59.3 Å². The van der Waals surface area contributed by atoms with E-state index >= 15 is 0 Å². The lowest BCUT2D eigenvalue weighted by molar-refractivity contribution is -0.133. The Hall–Kier alpha value is -2.18. The Morgan fingerprint density at radius 3 is 2.75 bits per heavy atom. The van der Waals surface area contributed by atoms with Crippen LogP contribution in [0.15, 0.2) is 40.8 Å². The number of furan rings is 1. The lowest BCUT2D eigenvalue weighted by Gasteiger charge is -2.23. The molecule has 2 unspecified atom stereocenters. The molecule has 1 aromatic carbocycles. The molecule has 0 radical (unpaired) electrons. The third kappa shape index (κ3) is 3.49. The van der Waals surface area contributed by atoms with Gasteiger partial charge in [0.1, 0.15) is 23.4 Å². The summed E-state index contributed by atoms with van der Waals surface area (Å²) >= 11 is 0. The van der Waals surface area contributed by atoms with Crippen molar-refractivity contribution in [3.8, 4) is 0 Å². The maximum Gasteiger partial charge on any atom is 0.241 e. The maximum absolute atomic E-state index is 13.9. The van der Waals surface area contributed by atoms with Gasteiger partial charge >= 0.3 is 0 Å². The van der Waals surface area contributed by atoms with Gasteiger partial charge in [-0.3, -0.25) is 4.79 Å².